The van der Waals surface area contributed by atoms with Gasteiger partial charge in [-0.2, -0.15) is 0 Å². The number of ether oxygens (including phenoxy) is 2. The third-order valence-electron chi connectivity index (χ3n) is 4.21. The Morgan fingerprint density at radius 2 is 1.97 bits per heavy atom. The van der Waals surface area contributed by atoms with E-state index in [0.29, 0.717) is 26.9 Å². The van der Waals surface area contributed by atoms with E-state index in [1.807, 2.05) is 31.2 Å². The summed E-state index contributed by atoms with van der Waals surface area (Å²) in [6.07, 6.45) is 1.49. The predicted molar refractivity (Wildman–Crippen MR) is 124 cm³/mol. The number of amides is 2. The molecule has 6 nitrogen and oxygen atoms in total. The zero-order valence-corrected chi connectivity index (χ0v) is 20.3. The van der Waals surface area contributed by atoms with Crippen LogP contribution in [0.3, 0.4) is 0 Å². The second-order valence-corrected chi connectivity index (χ2v) is 9.00. The molecule has 0 radical (unpaired) electrons. The molecule has 1 heterocycles. The molecule has 2 aromatic carbocycles. The maximum atomic E-state index is 12.8. The Morgan fingerprint density at radius 1 is 1.20 bits per heavy atom. The van der Waals surface area contributed by atoms with Gasteiger partial charge < -0.3 is 14.6 Å². The highest BCUT2D eigenvalue weighted by molar-refractivity contribution is 9.13. The van der Waals surface area contributed by atoms with Crippen molar-refractivity contribution in [3.63, 3.8) is 0 Å². The summed E-state index contributed by atoms with van der Waals surface area (Å²) in [7, 11) is 0. The molecular weight excluding hydrogens is 538 g/mol. The molecule has 0 bridgehead atoms. The maximum Gasteiger partial charge on any atom is 0.293 e. The quantitative estimate of drug-likeness (QED) is 0.438. The van der Waals surface area contributed by atoms with Gasteiger partial charge in [-0.15, -0.1) is 0 Å². The van der Waals surface area contributed by atoms with E-state index in [4.69, 9.17) is 9.47 Å². The van der Waals surface area contributed by atoms with Crippen LogP contribution >= 0.6 is 43.6 Å². The molecule has 0 atom stereocenters. The van der Waals surface area contributed by atoms with Crippen molar-refractivity contribution in [1.29, 1.82) is 0 Å². The van der Waals surface area contributed by atoms with Gasteiger partial charge in [-0.25, -0.2) is 0 Å². The zero-order valence-electron chi connectivity index (χ0n) is 16.3. The maximum absolute atomic E-state index is 12.8. The predicted octanol–water partition coefficient (Wildman–Crippen LogP) is 5.74. The number of nitrogens with zero attached hydrogens (tertiary/aromatic N) is 1. The summed E-state index contributed by atoms with van der Waals surface area (Å²) in [5.41, 5.74) is 1.42. The first-order chi connectivity index (χ1) is 14.3. The number of imide groups is 1. The van der Waals surface area contributed by atoms with Crippen LogP contribution < -0.4 is 9.47 Å². The number of rotatable bonds is 7. The van der Waals surface area contributed by atoms with Gasteiger partial charge in [0.05, 0.1) is 18.1 Å². The highest BCUT2D eigenvalue weighted by atomic mass is 79.9. The number of phenols is 1. The standard InChI is InChI=1S/C21H19Br2NO5S/c1-3-28-16-11-15(22)18(23)14(19(16)25)10-17-20(26)24(21(27)30-17)7-8-29-13-6-4-5-12(2)9-13/h4-6,9-11,25H,3,7-8H2,1-2H3/b17-10-. The van der Waals surface area contributed by atoms with Crippen molar-refractivity contribution in [2.45, 2.75) is 13.8 Å². The molecule has 1 fully saturated rings. The lowest BCUT2D eigenvalue weighted by Crippen LogP contribution is -2.32. The van der Waals surface area contributed by atoms with E-state index < -0.39 is 5.91 Å². The number of aromatic hydroxyl groups is 1. The molecule has 1 aliphatic heterocycles. The molecule has 2 aromatic rings. The number of hydrogen-bond donors (Lipinski definition) is 1. The van der Waals surface area contributed by atoms with E-state index in [0.717, 1.165) is 22.2 Å². The van der Waals surface area contributed by atoms with Gasteiger partial charge in [-0.3, -0.25) is 14.5 Å². The smallest absolute Gasteiger partial charge is 0.293 e. The van der Waals surface area contributed by atoms with Crippen molar-refractivity contribution in [2.24, 2.45) is 0 Å². The number of carbonyl (C=O) groups is 2. The number of phenolic OH excluding ortho intramolecular Hbond substituents is 1. The van der Waals surface area contributed by atoms with Crippen LogP contribution in [-0.2, 0) is 4.79 Å². The van der Waals surface area contributed by atoms with Crippen molar-refractivity contribution < 1.29 is 24.2 Å². The summed E-state index contributed by atoms with van der Waals surface area (Å²) in [5.74, 6) is 0.428. The minimum atomic E-state index is -0.429. The Kier molecular flexibility index (Phi) is 7.49. The van der Waals surface area contributed by atoms with Crippen LogP contribution in [0.5, 0.6) is 17.2 Å². The molecule has 1 saturated heterocycles. The highest BCUT2D eigenvalue weighted by Crippen LogP contribution is 2.43. The topological polar surface area (TPSA) is 76.1 Å². The van der Waals surface area contributed by atoms with Gasteiger partial charge in [0.15, 0.2) is 11.5 Å². The third kappa shape index (κ3) is 5.01. The van der Waals surface area contributed by atoms with Crippen LogP contribution in [0.25, 0.3) is 6.08 Å². The SMILES string of the molecule is CCOc1cc(Br)c(Br)c(/C=C2\SC(=O)N(CCOc3cccc(C)c3)C2=O)c1O. The van der Waals surface area contributed by atoms with Crippen LogP contribution in [0.4, 0.5) is 4.79 Å². The lowest BCUT2D eigenvalue weighted by atomic mass is 10.1. The van der Waals surface area contributed by atoms with Gasteiger partial charge in [-0.1, -0.05) is 12.1 Å². The average Bonchev–Trinajstić information content (AvgIpc) is 2.97. The molecule has 0 spiro atoms. The Morgan fingerprint density at radius 3 is 2.67 bits per heavy atom. The molecule has 0 aromatic heterocycles. The normalized spacial score (nSPS) is 15.2. The van der Waals surface area contributed by atoms with E-state index in [9.17, 15) is 14.7 Å². The molecule has 9 heteroatoms. The van der Waals surface area contributed by atoms with Gasteiger partial charge >= 0.3 is 0 Å². The summed E-state index contributed by atoms with van der Waals surface area (Å²) >= 11 is 7.62. The molecule has 0 unspecified atom stereocenters. The molecule has 0 aliphatic carbocycles. The zero-order chi connectivity index (χ0) is 21.8. The van der Waals surface area contributed by atoms with Gasteiger partial charge in [0.1, 0.15) is 12.4 Å². The van der Waals surface area contributed by atoms with E-state index in [2.05, 4.69) is 31.9 Å². The third-order valence-corrected chi connectivity index (χ3v) is 7.13. The largest absolute Gasteiger partial charge is 0.504 e. The summed E-state index contributed by atoms with van der Waals surface area (Å²) in [4.78, 5) is 26.5. The summed E-state index contributed by atoms with van der Waals surface area (Å²) in [5, 5.41) is 10.2. The van der Waals surface area contributed by atoms with Gasteiger partial charge in [0.25, 0.3) is 11.1 Å². The monoisotopic (exact) mass is 555 g/mol. The second kappa shape index (κ2) is 9.89. The van der Waals surface area contributed by atoms with Crippen molar-refractivity contribution in [1.82, 2.24) is 4.90 Å². The first-order valence-corrected chi connectivity index (χ1v) is 11.5. The fourth-order valence-electron chi connectivity index (χ4n) is 2.79. The van der Waals surface area contributed by atoms with Crippen molar-refractivity contribution >= 4 is 60.8 Å². The minimum Gasteiger partial charge on any atom is -0.504 e. The average molecular weight is 557 g/mol. The summed E-state index contributed by atoms with van der Waals surface area (Å²) in [6, 6.07) is 9.18. The fourth-order valence-corrected chi connectivity index (χ4v) is 4.48. The number of thioether (sulfide) groups is 1. The summed E-state index contributed by atoms with van der Waals surface area (Å²) in [6.45, 7) is 4.46. The Balaban J connectivity index is 1.76. The number of carbonyl (C=O) groups excluding carboxylic acids is 2. The van der Waals surface area contributed by atoms with Gasteiger partial charge in [-0.05, 0) is 87.3 Å². The number of hydrogen-bond acceptors (Lipinski definition) is 6. The number of benzene rings is 2. The number of aryl methyl sites for hydroxylation is 1. The van der Waals surface area contributed by atoms with Crippen LogP contribution in [0.1, 0.15) is 18.1 Å². The van der Waals surface area contributed by atoms with Crippen molar-refractivity contribution in [3.8, 4) is 17.2 Å². The Hall–Kier alpha value is -1.97. The molecule has 2 amide bonds. The van der Waals surface area contributed by atoms with Gasteiger partial charge in [0.2, 0.25) is 0 Å². The second-order valence-electron chi connectivity index (χ2n) is 6.36. The van der Waals surface area contributed by atoms with Crippen LogP contribution in [0.2, 0.25) is 0 Å². The fraction of sp³-hybridized carbons (Fsp3) is 0.238. The number of halogens is 2. The van der Waals surface area contributed by atoms with E-state index in [1.165, 1.54) is 6.08 Å². The minimum absolute atomic E-state index is 0.110. The first-order valence-electron chi connectivity index (χ1n) is 9.10. The molecule has 1 N–H and O–H groups in total. The molecular formula is C21H19Br2NO5S. The highest BCUT2D eigenvalue weighted by Gasteiger charge is 2.35. The molecule has 3 rings (SSSR count). The van der Waals surface area contributed by atoms with E-state index in [-0.39, 0.29) is 34.8 Å². The van der Waals surface area contributed by atoms with E-state index >= 15 is 0 Å². The molecule has 158 valence electrons. The Labute approximate surface area is 195 Å². The van der Waals surface area contributed by atoms with Crippen molar-refractivity contribution in [3.05, 3.63) is 55.3 Å². The van der Waals surface area contributed by atoms with E-state index in [1.54, 1.807) is 13.0 Å². The molecule has 30 heavy (non-hydrogen) atoms. The Bertz CT molecular complexity index is 1020. The van der Waals surface area contributed by atoms with Gasteiger partial charge in [0, 0.05) is 14.5 Å². The first kappa shape index (κ1) is 22.7. The lowest BCUT2D eigenvalue weighted by Gasteiger charge is -2.14. The molecule has 1 aliphatic rings. The van der Waals surface area contributed by atoms with Crippen LogP contribution in [0, 0.1) is 6.92 Å². The van der Waals surface area contributed by atoms with Crippen LogP contribution in [0.15, 0.2) is 44.2 Å². The van der Waals surface area contributed by atoms with Crippen LogP contribution in [-0.4, -0.2) is 40.9 Å². The summed E-state index contributed by atoms with van der Waals surface area (Å²) < 4.78 is 12.3. The molecule has 0 saturated carbocycles. The van der Waals surface area contributed by atoms with Crippen molar-refractivity contribution in [2.75, 3.05) is 19.8 Å². The lowest BCUT2D eigenvalue weighted by molar-refractivity contribution is -0.123.